The van der Waals surface area contributed by atoms with Gasteiger partial charge >= 0.3 is 11.9 Å². The van der Waals surface area contributed by atoms with E-state index in [4.69, 9.17) is 18.5 Å². The van der Waals surface area contributed by atoms with Crippen LogP contribution in [-0.4, -0.2) is 81.2 Å². The van der Waals surface area contributed by atoms with E-state index in [-0.39, 0.29) is 32.2 Å². The number of nitrogens with zero attached hydrogens (tertiary/aromatic N) is 1. The lowest BCUT2D eigenvalue weighted by atomic mass is 10.1. The van der Waals surface area contributed by atoms with Crippen LogP contribution in [0.3, 0.4) is 0 Å². The van der Waals surface area contributed by atoms with Crippen molar-refractivity contribution in [2.75, 3.05) is 47.5 Å². The van der Waals surface area contributed by atoms with Crippen LogP contribution in [-0.2, 0) is 32.7 Å². The van der Waals surface area contributed by atoms with Gasteiger partial charge in [0.1, 0.15) is 19.8 Å². The van der Waals surface area contributed by atoms with Gasteiger partial charge in [0.25, 0.3) is 7.82 Å². The van der Waals surface area contributed by atoms with Gasteiger partial charge in [-0.15, -0.1) is 0 Å². The summed E-state index contributed by atoms with van der Waals surface area (Å²) in [5.74, 6) is -0.932. The number of carbonyl (C=O) groups is 2. The van der Waals surface area contributed by atoms with E-state index >= 15 is 0 Å². The molecule has 0 rings (SSSR count). The second-order valence-electron chi connectivity index (χ2n) is 16.9. The lowest BCUT2D eigenvalue weighted by Crippen LogP contribution is -2.37. The predicted molar refractivity (Wildman–Crippen MR) is 251 cm³/mol. The highest BCUT2D eigenvalue weighted by Gasteiger charge is 2.21. The summed E-state index contributed by atoms with van der Waals surface area (Å²) in [5.41, 5.74) is 0. The van der Waals surface area contributed by atoms with Crippen LogP contribution in [0.15, 0.2) is 72.9 Å². The maximum Gasteiger partial charge on any atom is 0.306 e. The Balaban J connectivity index is 4.43. The van der Waals surface area contributed by atoms with Gasteiger partial charge in [0.15, 0.2) is 6.10 Å². The number of hydrogen-bond acceptors (Lipinski definition) is 9. The minimum absolute atomic E-state index is 0.0524. The van der Waals surface area contributed by atoms with Crippen molar-refractivity contribution in [3.8, 4) is 0 Å². The summed E-state index contributed by atoms with van der Waals surface area (Å²) in [4.78, 5) is 37.6. The van der Waals surface area contributed by atoms with Crippen molar-refractivity contribution in [3.63, 3.8) is 0 Å². The number of esters is 2. The zero-order valence-electron chi connectivity index (χ0n) is 39.2. The van der Waals surface area contributed by atoms with E-state index in [0.29, 0.717) is 30.3 Å². The Morgan fingerprint density at radius 3 is 1.62 bits per heavy atom. The van der Waals surface area contributed by atoms with Gasteiger partial charge in [-0.1, -0.05) is 157 Å². The summed E-state index contributed by atoms with van der Waals surface area (Å²) in [6.45, 7) is 3.96. The number of likely N-dealkylation sites (N-methyl/N-ethyl adjacent to an activating group) is 1. The maximum atomic E-state index is 12.7. The molecule has 0 aliphatic rings. The normalized spacial score (nSPS) is 14.7. The van der Waals surface area contributed by atoms with Crippen LogP contribution in [0.25, 0.3) is 0 Å². The van der Waals surface area contributed by atoms with Gasteiger partial charge in [-0.05, 0) is 77.0 Å². The Labute approximate surface area is 372 Å². The average molecular weight is 878 g/mol. The van der Waals surface area contributed by atoms with Crippen molar-refractivity contribution in [1.82, 2.24) is 0 Å². The molecular formula is C50H88NO9P. The van der Waals surface area contributed by atoms with Crippen LogP contribution >= 0.6 is 7.82 Å². The first-order valence-electron chi connectivity index (χ1n) is 23.7. The third kappa shape index (κ3) is 45.3. The minimum Gasteiger partial charge on any atom is -0.756 e. The minimum atomic E-state index is -4.66. The van der Waals surface area contributed by atoms with Crippen molar-refractivity contribution < 1.29 is 47.2 Å². The predicted octanol–water partition coefficient (Wildman–Crippen LogP) is 12.1. The van der Waals surface area contributed by atoms with Gasteiger partial charge in [-0.25, -0.2) is 0 Å². The van der Waals surface area contributed by atoms with Gasteiger partial charge in [0.05, 0.1) is 33.9 Å². The van der Waals surface area contributed by atoms with Gasteiger partial charge in [0.2, 0.25) is 0 Å². The highest BCUT2D eigenvalue weighted by atomic mass is 31.2. The van der Waals surface area contributed by atoms with Gasteiger partial charge in [-0.3, -0.25) is 14.2 Å². The molecule has 0 radical (unpaired) electrons. The first-order valence-corrected chi connectivity index (χ1v) is 25.2. The summed E-state index contributed by atoms with van der Waals surface area (Å²) < 4.78 is 33.9. The van der Waals surface area contributed by atoms with Crippen LogP contribution in [0.5, 0.6) is 0 Å². The van der Waals surface area contributed by atoms with E-state index in [9.17, 15) is 24.2 Å². The highest BCUT2D eigenvalue weighted by molar-refractivity contribution is 7.45. The van der Waals surface area contributed by atoms with Crippen molar-refractivity contribution in [2.24, 2.45) is 0 Å². The number of quaternary nitrogens is 1. The molecule has 1 unspecified atom stereocenters. The van der Waals surface area contributed by atoms with E-state index < -0.39 is 32.5 Å². The van der Waals surface area contributed by atoms with Gasteiger partial charge < -0.3 is 33.0 Å². The largest absolute Gasteiger partial charge is 0.756 e. The quantitative estimate of drug-likeness (QED) is 0.0209. The van der Waals surface area contributed by atoms with Crippen molar-refractivity contribution >= 4 is 19.8 Å². The summed E-state index contributed by atoms with van der Waals surface area (Å²) in [6.07, 6.45) is 48.4. The van der Waals surface area contributed by atoms with Crippen LogP contribution in [0.2, 0.25) is 0 Å². The monoisotopic (exact) mass is 878 g/mol. The molecule has 0 bridgehead atoms. The summed E-state index contributed by atoms with van der Waals surface area (Å²) in [6, 6.07) is 0. The van der Waals surface area contributed by atoms with Gasteiger partial charge in [-0.2, -0.15) is 0 Å². The molecule has 0 aromatic carbocycles. The number of rotatable bonds is 42. The lowest BCUT2D eigenvalue weighted by Gasteiger charge is -2.28. The number of unbranched alkanes of at least 4 members (excludes halogenated alkanes) is 14. The fraction of sp³-hybridized carbons (Fsp3) is 0.720. The smallest absolute Gasteiger partial charge is 0.306 e. The number of allylic oxidation sites excluding steroid dienone is 11. The number of phosphoric acid groups is 1. The fourth-order valence-corrected chi connectivity index (χ4v) is 6.72. The molecule has 0 amide bonds. The Hall–Kier alpha value is -2.59. The van der Waals surface area contributed by atoms with Crippen LogP contribution in [0, 0.1) is 0 Å². The molecule has 0 aromatic rings. The van der Waals surface area contributed by atoms with E-state index in [1.54, 1.807) is 0 Å². The second-order valence-corrected chi connectivity index (χ2v) is 18.3. The molecule has 0 fully saturated rings. The van der Waals surface area contributed by atoms with E-state index in [2.05, 4.69) is 62.5 Å². The molecule has 0 aromatic heterocycles. The fourth-order valence-electron chi connectivity index (χ4n) is 5.99. The molecule has 1 N–H and O–H groups in total. The number of aliphatic hydroxyl groups is 1. The molecule has 0 aliphatic heterocycles. The summed E-state index contributed by atoms with van der Waals surface area (Å²) in [7, 11) is 1.09. The van der Waals surface area contributed by atoms with Crippen LogP contribution in [0.4, 0.5) is 0 Å². The topological polar surface area (TPSA) is 131 Å². The first kappa shape index (κ1) is 58.4. The Kier molecular flexibility index (Phi) is 39.7. The lowest BCUT2D eigenvalue weighted by molar-refractivity contribution is -0.870. The first-order chi connectivity index (χ1) is 29.4. The number of ether oxygens (including phenoxy) is 2. The molecule has 352 valence electrons. The molecular weight excluding hydrogens is 790 g/mol. The SMILES string of the molecule is CCCCC/C=C\C/C=C\CCCCCCCCCCCC(=O)OC[C@H](COP(=O)([O-])OCC[N+](C)(C)C)OC(=O)CCC/C=C\C/C=C\C/C=C\C/C=C\[C@H](O)CCCC. The van der Waals surface area contributed by atoms with Crippen molar-refractivity contribution in [2.45, 2.75) is 187 Å². The molecule has 3 atom stereocenters. The third-order valence-corrected chi connectivity index (χ3v) is 10.7. The zero-order valence-corrected chi connectivity index (χ0v) is 40.1. The number of phosphoric ester groups is 1. The maximum absolute atomic E-state index is 12.7. The molecule has 10 nitrogen and oxygen atoms in total. The molecule has 61 heavy (non-hydrogen) atoms. The standard InChI is InChI=1S/C50H88NO9P/c1-6-8-10-11-12-13-14-15-16-17-18-19-20-21-25-28-31-34-37-41-49(53)57-45-48(46-59-61(55,56)58-44-43-51(3,4)5)60-50(54)42-38-35-32-29-26-23-22-24-27-30-33-36-40-47(52)39-9-7-2/h12-13,15-16,22-23,27,29-30,32,36,40,47-48,52H,6-11,14,17-21,24-26,28,31,33-35,37-39,41-46H2,1-5H3/b13-12-,16-15-,23-22-,30-27-,32-29-,40-36-/t47-,48-/m1/s1. The van der Waals surface area contributed by atoms with Crippen molar-refractivity contribution in [1.29, 1.82) is 0 Å². The zero-order chi connectivity index (χ0) is 45.1. The van der Waals surface area contributed by atoms with Gasteiger partial charge in [0, 0.05) is 12.8 Å². The molecule has 0 saturated carbocycles. The summed E-state index contributed by atoms with van der Waals surface area (Å²) in [5, 5.41) is 9.83. The average Bonchev–Trinajstić information content (AvgIpc) is 3.21. The van der Waals surface area contributed by atoms with Crippen LogP contribution in [0.1, 0.15) is 174 Å². The summed E-state index contributed by atoms with van der Waals surface area (Å²) >= 11 is 0. The second kappa shape index (κ2) is 41.4. The van der Waals surface area contributed by atoms with E-state index in [1.165, 1.54) is 57.8 Å². The third-order valence-electron chi connectivity index (χ3n) is 9.77. The Morgan fingerprint density at radius 2 is 1.07 bits per heavy atom. The highest BCUT2D eigenvalue weighted by Crippen LogP contribution is 2.38. The van der Waals surface area contributed by atoms with Crippen LogP contribution < -0.4 is 4.89 Å². The molecule has 0 aliphatic carbocycles. The van der Waals surface area contributed by atoms with Crippen molar-refractivity contribution in [3.05, 3.63) is 72.9 Å². The molecule has 11 heteroatoms. The number of hydrogen-bond donors (Lipinski definition) is 1. The Bertz CT molecular complexity index is 1280. The number of aliphatic hydroxyl groups excluding tert-OH is 1. The molecule has 0 spiro atoms. The molecule has 0 saturated heterocycles. The molecule has 0 heterocycles. The van der Waals surface area contributed by atoms with E-state index in [0.717, 1.165) is 70.6 Å². The Morgan fingerprint density at radius 1 is 0.590 bits per heavy atom. The van der Waals surface area contributed by atoms with E-state index in [1.807, 2.05) is 45.4 Å². The number of carbonyl (C=O) groups excluding carboxylic acids is 2.